The van der Waals surface area contributed by atoms with E-state index in [4.69, 9.17) is 15.6 Å². The normalized spacial score (nSPS) is 18.1. The average molecular weight is 448 g/mol. The van der Waals surface area contributed by atoms with Crippen molar-refractivity contribution in [2.75, 3.05) is 45.9 Å². The lowest BCUT2D eigenvalue weighted by Crippen LogP contribution is -2.47. The van der Waals surface area contributed by atoms with Crippen LogP contribution >= 0.6 is 0 Å². The maximum atomic E-state index is 12.6. The molecule has 2 amide bonds. The predicted octanol–water partition coefficient (Wildman–Crippen LogP) is -0.332. The summed E-state index contributed by atoms with van der Waals surface area (Å²) in [5, 5.41) is 38.7. The van der Waals surface area contributed by atoms with Gasteiger partial charge in [-0.25, -0.2) is 4.79 Å². The Labute approximate surface area is 185 Å². The molecule has 10 heteroatoms. The van der Waals surface area contributed by atoms with Crippen molar-refractivity contribution in [2.45, 2.75) is 70.2 Å². The van der Waals surface area contributed by atoms with Crippen LogP contribution in [0.15, 0.2) is 0 Å². The number of aliphatic hydroxyl groups is 4. The van der Waals surface area contributed by atoms with E-state index in [-0.39, 0.29) is 25.0 Å². The minimum absolute atomic E-state index is 0.0262. The molecule has 0 spiro atoms. The van der Waals surface area contributed by atoms with Crippen LogP contribution in [0.25, 0.3) is 0 Å². The van der Waals surface area contributed by atoms with Gasteiger partial charge >= 0.3 is 6.09 Å². The van der Waals surface area contributed by atoms with Gasteiger partial charge in [0.1, 0.15) is 12.2 Å². The van der Waals surface area contributed by atoms with Crippen molar-refractivity contribution in [2.24, 2.45) is 11.7 Å². The Kier molecular flexibility index (Phi) is 13.7. The second kappa shape index (κ2) is 15.4. The van der Waals surface area contributed by atoms with Crippen LogP contribution in [0.3, 0.4) is 0 Å². The van der Waals surface area contributed by atoms with Crippen LogP contribution in [0.4, 0.5) is 4.79 Å². The van der Waals surface area contributed by atoms with Crippen LogP contribution in [0.5, 0.6) is 0 Å². The fourth-order valence-corrected chi connectivity index (χ4v) is 3.75. The first-order valence-corrected chi connectivity index (χ1v) is 11.4. The molecule has 0 saturated carbocycles. The first-order chi connectivity index (χ1) is 14.8. The first-order valence-electron chi connectivity index (χ1n) is 11.4. The van der Waals surface area contributed by atoms with E-state index in [1.54, 1.807) is 4.90 Å². The summed E-state index contributed by atoms with van der Waals surface area (Å²) in [5.41, 5.74) is 4.99. The quantitative estimate of drug-likeness (QED) is 0.214. The summed E-state index contributed by atoms with van der Waals surface area (Å²) in [4.78, 5) is 27.1. The van der Waals surface area contributed by atoms with E-state index in [1.165, 1.54) is 0 Å². The van der Waals surface area contributed by atoms with E-state index < -0.39 is 31.0 Å². The molecule has 0 aliphatic carbocycles. The maximum Gasteiger partial charge on any atom is 0.404 e. The summed E-state index contributed by atoms with van der Waals surface area (Å²) < 4.78 is 4.84. The third-order valence-electron chi connectivity index (χ3n) is 5.82. The largest absolute Gasteiger partial charge is 0.449 e. The Bertz CT molecular complexity index is 515. The number of carbonyl (C=O) groups excluding carboxylic acids is 2. The molecule has 0 aromatic carbocycles. The Morgan fingerprint density at radius 3 is 2.35 bits per heavy atom. The number of rotatable bonds is 15. The van der Waals surface area contributed by atoms with Gasteiger partial charge < -0.3 is 40.7 Å². The fraction of sp³-hybridized carbons (Fsp3) is 0.905. The molecule has 0 aromatic heterocycles. The molecular formula is C21H41N3O7. The van der Waals surface area contributed by atoms with Gasteiger partial charge in [0.25, 0.3) is 0 Å². The first kappa shape index (κ1) is 27.6. The van der Waals surface area contributed by atoms with Gasteiger partial charge in [0, 0.05) is 32.6 Å². The van der Waals surface area contributed by atoms with Gasteiger partial charge in [-0.05, 0) is 31.7 Å². The number of hydrogen-bond acceptors (Lipinski definition) is 8. The van der Waals surface area contributed by atoms with Gasteiger partial charge in [-0.15, -0.1) is 0 Å². The molecule has 1 fully saturated rings. The van der Waals surface area contributed by atoms with Gasteiger partial charge in [0.15, 0.2) is 0 Å². The van der Waals surface area contributed by atoms with Gasteiger partial charge in [-0.2, -0.15) is 0 Å². The number of aliphatic hydroxyl groups excluding tert-OH is 4. The Balaban J connectivity index is 2.48. The number of nitrogens with zero attached hydrogens (tertiary/aromatic N) is 2. The highest BCUT2D eigenvalue weighted by molar-refractivity contribution is 5.76. The van der Waals surface area contributed by atoms with Crippen LogP contribution in [0, 0.1) is 5.92 Å². The lowest BCUT2D eigenvalue weighted by Gasteiger charge is -2.33. The highest BCUT2D eigenvalue weighted by atomic mass is 16.5. The van der Waals surface area contributed by atoms with Crippen molar-refractivity contribution in [3.8, 4) is 0 Å². The lowest BCUT2D eigenvalue weighted by molar-refractivity contribution is -0.133. The molecule has 1 aliphatic heterocycles. The Hall–Kier alpha value is -1.46. The third kappa shape index (κ3) is 11.1. The van der Waals surface area contributed by atoms with Crippen molar-refractivity contribution in [3.05, 3.63) is 0 Å². The van der Waals surface area contributed by atoms with E-state index in [9.17, 15) is 24.9 Å². The molecular weight excluding hydrogens is 406 g/mol. The SMILES string of the molecule is CCCCCCN(CCC(=O)N1CCC(COC(N)=O)CC1)CC(O)C(O)C(O)CO. The Morgan fingerprint density at radius 1 is 1.10 bits per heavy atom. The smallest absolute Gasteiger partial charge is 0.404 e. The zero-order valence-electron chi connectivity index (χ0n) is 18.7. The molecule has 10 nitrogen and oxygen atoms in total. The van der Waals surface area contributed by atoms with Crippen molar-refractivity contribution >= 4 is 12.0 Å². The highest BCUT2D eigenvalue weighted by Gasteiger charge is 2.27. The number of primary amides is 1. The minimum Gasteiger partial charge on any atom is -0.449 e. The van der Waals surface area contributed by atoms with Gasteiger partial charge in [0.05, 0.1) is 19.3 Å². The molecule has 1 aliphatic rings. The van der Waals surface area contributed by atoms with E-state index in [0.29, 0.717) is 32.6 Å². The summed E-state index contributed by atoms with van der Waals surface area (Å²) in [6.45, 7) is 4.21. The van der Waals surface area contributed by atoms with Crippen LogP contribution in [-0.4, -0.2) is 106 Å². The highest BCUT2D eigenvalue weighted by Crippen LogP contribution is 2.18. The van der Waals surface area contributed by atoms with E-state index >= 15 is 0 Å². The topological polar surface area (TPSA) is 157 Å². The molecule has 1 heterocycles. The van der Waals surface area contributed by atoms with Crippen LogP contribution < -0.4 is 5.73 Å². The number of amides is 2. The number of piperidine rings is 1. The number of nitrogens with two attached hydrogens (primary N) is 1. The zero-order chi connectivity index (χ0) is 23.2. The minimum atomic E-state index is -1.44. The number of unbranched alkanes of at least 4 members (excludes halogenated alkanes) is 3. The second-order valence-corrected chi connectivity index (χ2v) is 8.37. The molecule has 6 N–H and O–H groups in total. The van der Waals surface area contributed by atoms with Crippen LogP contribution in [0.2, 0.25) is 0 Å². The van der Waals surface area contributed by atoms with Crippen molar-refractivity contribution in [1.82, 2.24) is 9.80 Å². The second-order valence-electron chi connectivity index (χ2n) is 8.37. The summed E-state index contributed by atoms with van der Waals surface area (Å²) in [6, 6.07) is 0. The standard InChI is InChI=1S/C21H41N3O7/c1-2-3-4-5-9-23(13-17(26)20(29)18(27)14-25)10-8-19(28)24-11-6-16(7-12-24)15-31-21(22)30/h16-18,20,25-27,29H,2-15H2,1H3,(H2,22,30). The Morgan fingerprint density at radius 2 is 1.77 bits per heavy atom. The van der Waals surface area contributed by atoms with Crippen LogP contribution in [0.1, 0.15) is 51.9 Å². The summed E-state index contributed by atoms with van der Waals surface area (Å²) in [6.07, 6.45) is 1.12. The molecule has 3 unspecified atom stereocenters. The van der Waals surface area contributed by atoms with Crippen molar-refractivity contribution in [3.63, 3.8) is 0 Å². The number of hydrogen-bond donors (Lipinski definition) is 5. The molecule has 1 saturated heterocycles. The number of carbonyl (C=O) groups is 2. The van der Waals surface area contributed by atoms with Crippen molar-refractivity contribution < 1.29 is 34.8 Å². The predicted molar refractivity (Wildman–Crippen MR) is 115 cm³/mol. The molecule has 182 valence electrons. The summed E-state index contributed by atoms with van der Waals surface area (Å²) in [7, 11) is 0. The summed E-state index contributed by atoms with van der Waals surface area (Å²) in [5.74, 6) is 0.236. The third-order valence-corrected chi connectivity index (χ3v) is 5.82. The maximum absolute atomic E-state index is 12.6. The monoisotopic (exact) mass is 447 g/mol. The molecule has 1 rings (SSSR count). The average Bonchev–Trinajstić information content (AvgIpc) is 2.77. The van der Waals surface area contributed by atoms with Gasteiger partial charge in [-0.3, -0.25) is 4.79 Å². The lowest BCUT2D eigenvalue weighted by atomic mass is 9.97. The fourth-order valence-electron chi connectivity index (χ4n) is 3.75. The van der Waals surface area contributed by atoms with E-state index in [0.717, 1.165) is 38.5 Å². The van der Waals surface area contributed by atoms with E-state index in [1.807, 2.05) is 4.90 Å². The molecule has 0 bridgehead atoms. The molecule has 3 atom stereocenters. The summed E-state index contributed by atoms with van der Waals surface area (Å²) >= 11 is 0. The molecule has 31 heavy (non-hydrogen) atoms. The van der Waals surface area contributed by atoms with Crippen LogP contribution in [-0.2, 0) is 9.53 Å². The number of likely N-dealkylation sites (tertiary alicyclic amines) is 1. The molecule has 0 radical (unpaired) electrons. The van der Waals surface area contributed by atoms with Crippen molar-refractivity contribution in [1.29, 1.82) is 0 Å². The van der Waals surface area contributed by atoms with E-state index in [2.05, 4.69) is 6.92 Å². The number of ether oxygens (including phenoxy) is 1. The van der Waals surface area contributed by atoms with Gasteiger partial charge in [-0.1, -0.05) is 26.2 Å². The van der Waals surface area contributed by atoms with Gasteiger partial charge in [0.2, 0.25) is 5.91 Å². The zero-order valence-corrected chi connectivity index (χ0v) is 18.7. The molecule has 0 aromatic rings.